The number of nitrogens with zero attached hydrogens (tertiary/aromatic N) is 2. The average molecular weight is 282 g/mol. The number of aryl methyl sites for hydroxylation is 2. The number of benzene rings is 1. The number of hydrogen-bond donors (Lipinski definition) is 0. The van der Waals surface area contributed by atoms with Crippen LogP contribution in [0.2, 0.25) is 0 Å². The molecule has 0 N–H and O–H groups in total. The predicted molar refractivity (Wildman–Crippen MR) is 86.2 cm³/mol. The van der Waals surface area contributed by atoms with E-state index in [9.17, 15) is 0 Å². The number of pyridine rings is 1. The van der Waals surface area contributed by atoms with Crippen molar-refractivity contribution in [2.45, 2.75) is 19.1 Å². The smallest absolute Gasteiger partial charge is 0.137 e. The maximum Gasteiger partial charge on any atom is 0.137 e. The van der Waals surface area contributed by atoms with Gasteiger partial charge in [-0.05, 0) is 42.4 Å². The molecule has 2 heterocycles. The minimum absolute atomic E-state index is 1.01. The van der Waals surface area contributed by atoms with Gasteiger partial charge in [-0.25, -0.2) is 4.98 Å². The van der Waals surface area contributed by atoms with Crippen molar-refractivity contribution in [2.24, 2.45) is 0 Å². The Kier molecular flexibility index (Phi) is 4.07. The fraction of sp³-hybridized carbons (Fsp3) is 0.235. The number of fused-ring (bicyclic) bond motifs is 1. The van der Waals surface area contributed by atoms with Crippen LogP contribution in [-0.2, 0) is 12.2 Å². The molecule has 0 atom stereocenters. The van der Waals surface area contributed by atoms with Gasteiger partial charge in [0.1, 0.15) is 5.65 Å². The summed E-state index contributed by atoms with van der Waals surface area (Å²) in [6, 6.07) is 14.9. The van der Waals surface area contributed by atoms with Crippen molar-refractivity contribution in [2.75, 3.05) is 5.75 Å². The van der Waals surface area contributed by atoms with Crippen molar-refractivity contribution in [1.29, 1.82) is 0 Å². The third-order valence-electron chi connectivity index (χ3n) is 3.37. The molecule has 0 aliphatic heterocycles. The fourth-order valence-corrected chi connectivity index (χ4v) is 3.20. The summed E-state index contributed by atoms with van der Waals surface area (Å²) in [6.45, 7) is 2.10. The van der Waals surface area contributed by atoms with Gasteiger partial charge in [0.25, 0.3) is 0 Å². The van der Waals surface area contributed by atoms with Gasteiger partial charge in [-0.2, -0.15) is 11.8 Å². The van der Waals surface area contributed by atoms with E-state index in [0.717, 1.165) is 23.6 Å². The van der Waals surface area contributed by atoms with Gasteiger partial charge in [0.2, 0.25) is 0 Å². The summed E-state index contributed by atoms with van der Waals surface area (Å²) < 4.78 is 2.18. The predicted octanol–water partition coefficient (Wildman–Crippen LogP) is 4.12. The molecule has 0 aliphatic rings. The van der Waals surface area contributed by atoms with E-state index < -0.39 is 0 Å². The van der Waals surface area contributed by atoms with Gasteiger partial charge < -0.3 is 4.40 Å². The number of aromatic nitrogens is 2. The van der Waals surface area contributed by atoms with Crippen molar-refractivity contribution < 1.29 is 0 Å². The molecule has 3 rings (SSSR count). The molecule has 0 bridgehead atoms. The zero-order chi connectivity index (χ0) is 13.8. The van der Waals surface area contributed by atoms with Gasteiger partial charge in [-0.15, -0.1) is 0 Å². The summed E-state index contributed by atoms with van der Waals surface area (Å²) in [4.78, 5) is 4.47. The largest absolute Gasteiger partial charge is 0.303 e. The van der Waals surface area contributed by atoms with Crippen molar-refractivity contribution in [3.8, 4) is 0 Å². The molecule has 3 aromatic rings. The molecule has 0 amide bonds. The SMILES string of the molecule is Cc1ccn2c(CSCCc3ccccc3)cnc2c1. The molecule has 20 heavy (non-hydrogen) atoms. The molecule has 0 fully saturated rings. The zero-order valence-electron chi connectivity index (χ0n) is 11.6. The van der Waals surface area contributed by atoms with Crippen LogP contribution in [0.3, 0.4) is 0 Å². The van der Waals surface area contributed by atoms with Crippen LogP contribution >= 0.6 is 11.8 Å². The maximum atomic E-state index is 4.47. The summed E-state index contributed by atoms with van der Waals surface area (Å²) in [5.41, 5.74) is 4.99. The van der Waals surface area contributed by atoms with Crippen LogP contribution in [0.25, 0.3) is 5.65 Å². The summed E-state index contributed by atoms with van der Waals surface area (Å²) >= 11 is 1.96. The quantitative estimate of drug-likeness (QED) is 0.655. The highest BCUT2D eigenvalue weighted by Crippen LogP contribution is 2.16. The highest BCUT2D eigenvalue weighted by molar-refractivity contribution is 7.98. The van der Waals surface area contributed by atoms with E-state index in [1.54, 1.807) is 0 Å². The lowest BCUT2D eigenvalue weighted by atomic mass is 10.2. The lowest BCUT2D eigenvalue weighted by molar-refractivity contribution is 1.08. The summed E-state index contributed by atoms with van der Waals surface area (Å²) in [6.07, 6.45) is 5.23. The van der Waals surface area contributed by atoms with Gasteiger partial charge in [0.05, 0.1) is 11.9 Å². The first kappa shape index (κ1) is 13.3. The summed E-state index contributed by atoms with van der Waals surface area (Å²) in [7, 11) is 0. The number of hydrogen-bond acceptors (Lipinski definition) is 2. The summed E-state index contributed by atoms with van der Waals surface area (Å²) in [5, 5.41) is 0. The first-order chi connectivity index (χ1) is 9.83. The Labute approximate surface area is 123 Å². The van der Waals surface area contributed by atoms with Crippen LogP contribution in [0.4, 0.5) is 0 Å². The normalized spacial score (nSPS) is 11.1. The van der Waals surface area contributed by atoms with Crippen LogP contribution in [0.15, 0.2) is 54.9 Å². The summed E-state index contributed by atoms with van der Waals surface area (Å²) in [5.74, 6) is 2.15. The van der Waals surface area contributed by atoms with E-state index in [-0.39, 0.29) is 0 Å². The number of thioether (sulfide) groups is 1. The van der Waals surface area contributed by atoms with E-state index in [1.165, 1.54) is 16.8 Å². The molecule has 0 saturated carbocycles. The van der Waals surface area contributed by atoms with E-state index in [1.807, 2.05) is 18.0 Å². The number of imidazole rings is 1. The zero-order valence-corrected chi connectivity index (χ0v) is 12.4. The molecule has 2 aromatic heterocycles. The standard InChI is InChI=1S/C17H18N2S/c1-14-7-9-19-16(12-18-17(19)11-14)13-20-10-8-15-5-3-2-4-6-15/h2-7,9,11-12H,8,10,13H2,1H3. The minimum Gasteiger partial charge on any atom is -0.303 e. The molecule has 0 unspecified atom stereocenters. The highest BCUT2D eigenvalue weighted by atomic mass is 32.2. The molecule has 1 aromatic carbocycles. The first-order valence-electron chi connectivity index (χ1n) is 6.87. The maximum absolute atomic E-state index is 4.47. The van der Waals surface area contributed by atoms with E-state index >= 15 is 0 Å². The number of rotatable bonds is 5. The molecule has 3 heteroatoms. The molecule has 0 radical (unpaired) electrons. The van der Waals surface area contributed by atoms with Crippen LogP contribution in [0.5, 0.6) is 0 Å². The topological polar surface area (TPSA) is 17.3 Å². The Morgan fingerprint density at radius 1 is 1.15 bits per heavy atom. The van der Waals surface area contributed by atoms with E-state index in [2.05, 4.69) is 65.0 Å². The lowest BCUT2D eigenvalue weighted by Crippen LogP contribution is -1.93. The van der Waals surface area contributed by atoms with Crippen LogP contribution in [-0.4, -0.2) is 15.1 Å². The Morgan fingerprint density at radius 2 is 2.00 bits per heavy atom. The monoisotopic (exact) mass is 282 g/mol. The second-order valence-electron chi connectivity index (χ2n) is 4.97. The van der Waals surface area contributed by atoms with Crippen LogP contribution in [0.1, 0.15) is 16.8 Å². The molecule has 102 valence electrons. The van der Waals surface area contributed by atoms with Gasteiger partial charge >= 0.3 is 0 Å². The Bertz CT molecular complexity index is 689. The van der Waals surface area contributed by atoms with Crippen molar-refractivity contribution in [3.05, 3.63) is 71.7 Å². The van der Waals surface area contributed by atoms with Gasteiger partial charge in [-0.3, -0.25) is 0 Å². The first-order valence-corrected chi connectivity index (χ1v) is 8.03. The third kappa shape index (κ3) is 3.05. The van der Waals surface area contributed by atoms with Crippen molar-refractivity contribution in [1.82, 2.24) is 9.38 Å². The van der Waals surface area contributed by atoms with E-state index in [0.29, 0.717) is 0 Å². The molecule has 0 saturated heterocycles. The molecule has 0 aliphatic carbocycles. The molecule has 0 spiro atoms. The third-order valence-corrected chi connectivity index (χ3v) is 4.37. The molecular formula is C17H18N2S. The van der Waals surface area contributed by atoms with Gasteiger partial charge in [0.15, 0.2) is 0 Å². The Morgan fingerprint density at radius 3 is 2.85 bits per heavy atom. The molecular weight excluding hydrogens is 264 g/mol. The van der Waals surface area contributed by atoms with Gasteiger partial charge in [0, 0.05) is 11.9 Å². The van der Waals surface area contributed by atoms with Crippen molar-refractivity contribution in [3.63, 3.8) is 0 Å². The Hall–Kier alpha value is -1.74. The second kappa shape index (κ2) is 6.14. The average Bonchev–Trinajstić information content (AvgIpc) is 2.87. The minimum atomic E-state index is 1.01. The van der Waals surface area contributed by atoms with Crippen LogP contribution in [0, 0.1) is 6.92 Å². The highest BCUT2D eigenvalue weighted by Gasteiger charge is 2.03. The Balaban J connectivity index is 1.58. The van der Waals surface area contributed by atoms with Gasteiger partial charge in [-0.1, -0.05) is 30.3 Å². The van der Waals surface area contributed by atoms with Crippen molar-refractivity contribution >= 4 is 17.4 Å². The fourth-order valence-electron chi connectivity index (χ4n) is 2.25. The second-order valence-corrected chi connectivity index (χ2v) is 6.08. The van der Waals surface area contributed by atoms with E-state index in [4.69, 9.17) is 0 Å². The lowest BCUT2D eigenvalue weighted by Gasteiger charge is -2.03. The molecule has 2 nitrogen and oxygen atoms in total. The van der Waals surface area contributed by atoms with Crippen LogP contribution < -0.4 is 0 Å².